The molecule has 0 fully saturated rings. The second kappa shape index (κ2) is 10.6. The molecule has 3 aromatic rings. The molecule has 2 amide bonds. The van der Waals surface area contributed by atoms with Gasteiger partial charge in [0.1, 0.15) is 5.75 Å². The van der Waals surface area contributed by atoms with Gasteiger partial charge in [-0.3, -0.25) is 25.2 Å². The van der Waals surface area contributed by atoms with E-state index >= 15 is 0 Å². The minimum Gasteiger partial charge on any atom is -0.497 e. The zero-order valence-corrected chi connectivity index (χ0v) is 19.1. The Labute approximate surface area is 193 Å². The molecule has 0 aromatic heterocycles. The molecule has 0 saturated carbocycles. The molecule has 172 valence electrons. The molecule has 0 saturated heterocycles. The Bertz CT molecular complexity index is 1210. The molecule has 3 aromatic carbocycles. The van der Waals surface area contributed by atoms with Crippen molar-refractivity contribution in [1.82, 2.24) is 10.9 Å². The number of carbonyl (C=O) groups excluding carboxylic acids is 2. The summed E-state index contributed by atoms with van der Waals surface area (Å²) < 4.78 is 32.9. The number of anilines is 1. The molecule has 0 bridgehead atoms. The molecule has 0 aliphatic rings. The molecule has 0 heterocycles. The molecular formula is C24H25N3O5S. The number of ether oxygens (including phenoxy) is 1. The Balaban J connectivity index is 1.60. The van der Waals surface area contributed by atoms with Crippen molar-refractivity contribution >= 4 is 27.5 Å². The van der Waals surface area contributed by atoms with E-state index < -0.39 is 15.9 Å². The van der Waals surface area contributed by atoms with E-state index in [1.165, 1.54) is 31.4 Å². The van der Waals surface area contributed by atoms with Gasteiger partial charge in [0.25, 0.3) is 15.9 Å². The number of sulfonamides is 1. The van der Waals surface area contributed by atoms with Crippen molar-refractivity contribution in [3.05, 3.63) is 90.0 Å². The molecule has 0 spiro atoms. The molecule has 3 N–H and O–H groups in total. The number of hydrogen-bond donors (Lipinski definition) is 3. The van der Waals surface area contributed by atoms with Gasteiger partial charge in [0.15, 0.2) is 0 Å². The molecular weight excluding hydrogens is 442 g/mol. The lowest BCUT2D eigenvalue weighted by Gasteiger charge is -2.13. The smallest absolute Gasteiger partial charge is 0.269 e. The van der Waals surface area contributed by atoms with Crippen molar-refractivity contribution in [2.75, 3.05) is 11.8 Å². The fourth-order valence-corrected chi connectivity index (χ4v) is 4.21. The van der Waals surface area contributed by atoms with E-state index in [9.17, 15) is 18.0 Å². The molecule has 33 heavy (non-hydrogen) atoms. The predicted molar refractivity (Wildman–Crippen MR) is 125 cm³/mol. The van der Waals surface area contributed by atoms with E-state index in [0.29, 0.717) is 11.4 Å². The minimum absolute atomic E-state index is 0.0272. The summed E-state index contributed by atoms with van der Waals surface area (Å²) in [4.78, 5) is 24.6. The van der Waals surface area contributed by atoms with Crippen LogP contribution in [0.3, 0.4) is 0 Å². The second-order valence-electron chi connectivity index (χ2n) is 7.38. The number of hydrogen-bond acceptors (Lipinski definition) is 5. The predicted octanol–water partition coefficient (Wildman–Crippen LogP) is 3.45. The Kier molecular flexibility index (Phi) is 7.68. The number of amides is 2. The average molecular weight is 468 g/mol. The quantitative estimate of drug-likeness (QED) is 0.439. The number of rotatable bonds is 8. The maximum Gasteiger partial charge on any atom is 0.269 e. The van der Waals surface area contributed by atoms with Crippen molar-refractivity contribution in [2.45, 2.75) is 24.2 Å². The van der Waals surface area contributed by atoms with Gasteiger partial charge < -0.3 is 4.74 Å². The van der Waals surface area contributed by atoms with Crippen LogP contribution in [0.5, 0.6) is 5.75 Å². The number of carbonyl (C=O) groups is 2. The van der Waals surface area contributed by atoms with Crippen molar-refractivity contribution in [2.24, 2.45) is 0 Å². The molecule has 3 rings (SSSR count). The van der Waals surface area contributed by atoms with E-state index in [2.05, 4.69) is 15.6 Å². The van der Waals surface area contributed by atoms with Gasteiger partial charge in [-0.1, -0.05) is 43.3 Å². The molecule has 0 unspecified atom stereocenters. The Morgan fingerprint density at radius 2 is 1.61 bits per heavy atom. The van der Waals surface area contributed by atoms with Crippen molar-refractivity contribution in [3.63, 3.8) is 0 Å². The van der Waals surface area contributed by atoms with Gasteiger partial charge in [0.05, 0.1) is 12.0 Å². The zero-order valence-electron chi connectivity index (χ0n) is 18.2. The lowest BCUT2D eigenvalue weighted by molar-refractivity contribution is -0.122. The summed E-state index contributed by atoms with van der Waals surface area (Å²) in [6.07, 6.45) is 0.185. The van der Waals surface area contributed by atoms with Crippen LogP contribution < -0.4 is 20.3 Å². The highest BCUT2D eigenvalue weighted by molar-refractivity contribution is 7.92. The summed E-state index contributed by atoms with van der Waals surface area (Å²) >= 11 is 0. The van der Waals surface area contributed by atoms with Gasteiger partial charge in [0.2, 0.25) is 5.91 Å². The number of hydrazine groups is 1. The normalized spacial score (nSPS) is 11.8. The van der Waals surface area contributed by atoms with E-state index in [-0.39, 0.29) is 28.7 Å². The van der Waals surface area contributed by atoms with Gasteiger partial charge in [-0.05, 0) is 53.9 Å². The molecule has 0 aliphatic heterocycles. The van der Waals surface area contributed by atoms with Gasteiger partial charge in [-0.2, -0.15) is 0 Å². The highest BCUT2D eigenvalue weighted by Gasteiger charge is 2.17. The van der Waals surface area contributed by atoms with E-state index in [0.717, 1.165) is 5.56 Å². The summed E-state index contributed by atoms with van der Waals surface area (Å²) in [5, 5.41) is 0. The summed E-state index contributed by atoms with van der Waals surface area (Å²) in [6, 6.07) is 21.5. The van der Waals surface area contributed by atoms with Crippen LogP contribution >= 0.6 is 0 Å². The number of methoxy groups -OCH3 is 1. The molecule has 0 radical (unpaired) electrons. The summed E-state index contributed by atoms with van der Waals surface area (Å²) in [5.74, 6) is -0.417. The first kappa shape index (κ1) is 23.8. The third-order valence-electron chi connectivity index (χ3n) is 4.92. The van der Waals surface area contributed by atoms with Crippen LogP contribution in [0.1, 0.15) is 35.2 Å². The maximum atomic E-state index is 12.7. The molecule has 9 heteroatoms. The second-order valence-corrected chi connectivity index (χ2v) is 9.06. The Hall–Kier alpha value is -3.85. The van der Waals surface area contributed by atoms with E-state index in [4.69, 9.17) is 4.74 Å². The maximum absolute atomic E-state index is 12.7. The fourth-order valence-electron chi connectivity index (χ4n) is 3.10. The van der Waals surface area contributed by atoms with E-state index in [1.54, 1.807) is 24.3 Å². The van der Waals surface area contributed by atoms with Gasteiger partial charge in [-0.15, -0.1) is 0 Å². The molecule has 0 aliphatic carbocycles. The highest BCUT2D eigenvalue weighted by atomic mass is 32.2. The van der Waals surface area contributed by atoms with Crippen LogP contribution in [0.15, 0.2) is 83.8 Å². The van der Waals surface area contributed by atoms with Gasteiger partial charge >= 0.3 is 0 Å². The summed E-state index contributed by atoms with van der Waals surface area (Å²) in [7, 11) is -2.41. The van der Waals surface area contributed by atoms with Crippen LogP contribution in [-0.2, 0) is 14.8 Å². The van der Waals surface area contributed by atoms with Crippen molar-refractivity contribution in [3.8, 4) is 5.75 Å². The Morgan fingerprint density at radius 1 is 0.909 bits per heavy atom. The third-order valence-corrected chi connectivity index (χ3v) is 6.30. The SMILES string of the molecule is COc1ccc(NS(=O)(=O)c2cccc(C(=O)NNC(=O)C[C@H](C)c3ccccc3)c2)cc1. The standard InChI is InChI=1S/C24H25N3O5S/c1-17(18-7-4-3-5-8-18)15-23(28)25-26-24(29)19-9-6-10-22(16-19)33(30,31)27-20-11-13-21(32-2)14-12-20/h3-14,16-17,27H,15H2,1-2H3,(H,25,28)(H,26,29)/t17-/m0/s1. The summed E-state index contributed by atoms with van der Waals surface area (Å²) in [5.41, 5.74) is 6.16. The monoisotopic (exact) mass is 467 g/mol. The zero-order chi connectivity index (χ0) is 23.8. The van der Waals surface area contributed by atoms with Crippen LogP contribution in [0, 0.1) is 0 Å². The number of nitrogens with one attached hydrogen (secondary N) is 3. The molecule has 8 nitrogen and oxygen atoms in total. The average Bonchev–Trinajstić information content (AvgIpc) is 2.83. The molecule has 1 atom stereocenters. The first-order valence-electron chi connectivity index (χ1n) is 10.2. The van der Waals surface area contributed by atoms with Crippen LogP contribution in [0.25, 0.3) is 0 Å². The van der Waals surface area contributed by atoms with Crippen molar-refractivity contribution in [1.29, 1.82) is 0 Å². The summed E-state index contributed by atoms with van der Waals surface area (Å²) in [6.45, 7) is 1.92. The Morgan fingerprint density at radius 3 is 2.27 bits per heavy atom. The fraction of sp³-hybridized carbons (Fsp3) is 0.167. The topological polar surface area (TPSA) is 114 Å². The lowest BCUT2D eigenvalue weighted by atomic mass is 9.98. The first-order valence-corrected chi connectivity index (χ1v) is 11.7. The van der Waals surface area contributed by atoms with Crippen LogP contribution in [0.2, 0.25) is 0 Å². The minimum atomic E-state index is -3.92. The van der Waals surface area contributed by atoms with Crippen LogP contribution in [-0.4, -0.2) is 27.3 Å². The van der Waals surface area contributed by atoms with Gasteiger partial charge in [0, 0.05) is 17.7 Å². The lowest BCUT2D eigenvalue weighted by Crippen LogP contribution is -2.42. The third kappa shape index (κ3) is 6.56. The number of benzene rings is 3. The first-order chi connectivity index (χ1) is 15.8. The van der Waals surface area contributed by atoms with E-state index in [1.807, 2.05) is 37.3 Å². The largest absolute Gasteiger partial charge is 0.497 e. The van der Waals surface area contributed by atoms with Gasteiger partial charge in [-0.25, -0.2) is 8.42 Å². The highest BCUT2D eigenvalue weighted by Crippen LogP contribution is 2.20. The van der Waals surface area contributed by atoms with Crippen LogP contribution in [0.4, 0.5) is 5.69 Å². The van der Waals surface area contributed by atoms with Crippen molar-refractivity contribution < 1.29 is 22.7 Å².